The SMILES string of the molecule is Cc1ccc(Nc2nc(COC(=O)c3ccc([N+](=O)[O-])cc3Cl)cs2)cc1. The van der Waals surface area contributed by atoms with Gasteiger partial charge in [-0.2, -0.15) is 0 Å². The van der Waals surface area contributed by atoms with Crippen LogP contribution in [0, 0.1) is 17.0 Å². The summed E-state index contributed by atoms with van der Waals surface area (Å²) in [5.74, 6) is -0.670. The summed E-state index contributed by atoms with van der Waals surface area (Å²) in [5.41, 5.74) is 2.53. The minimum absolute atomic E-state index is 0.0295. The van der Waals surface area contributed by atoms with E-state index in [1.165, 1.54) is 23.5 Å². The maximum atomic E-state index is 12.1. The van der Waals surface area contributed by atoms with Crippen LogP contribution in [-0.2, 0) is 11.3 Å². The van der Waals surface area contributed by atoms with Crippen molar-refractivity contribution in [2.24, 2.45) is 0 Å². The highest BCUT2D eigenvalue weighted by Crippen LogP contribution is 2.24. The number of hydrogen-bond acceptors (Lipinski definition) is 7. The molecule has 0 fully saturated rings. The molecule has 0 aliphatic carbocycles. The Morgan fingerprint density at radius 2 is 2.04 bits per heavy atom. The fraction of sp³-hybridized carbons (Fsp3) is 0.111. The fourth-order valence-corrected chi connectivity index (χ4v) is 3.16. The van der Waals surface area contributed by atoms with E-state index in [1.807, 2.05) is 31.2 Å². The fourth-order valence-electron chi connectivity index (χ4n) is 2.19. The van der Waals surface area contributed by atoms with Gasteiger partial charge in [-0.15, -0.1) is 11.3 Å². The lowest BCUT2D eigenvalue weighted by molar-refractivity contribution is -0.384. The number of esters is 1. The van der Waals surface area contributed by atoms with E-state index in [2.05, 4.69) is 10.3 Å². The van der Waals surface area contributed by atoms with E-state index in [9.17, 15) is 14.9 Å². The number of thiazole rings is 1. The Bertz CT molecular complexity index is 989. The smallest absolute Gasteiger partial charge is 0.340 e. The van der Waals surface area contributed by atoms with E-state index in [1.54, 1.807) is 5.38 Å². The van der Waals surface area contributed by atoms with Gasteiger partial charge in [0.05, 0.1) is 21.2 Å². The molecule has 0 atom stereocenters. The Kier molecular flexibility index (Phi) is 5.68. The Morgan fingerprint density at radius 3 is 2.70 bits per heavy atom. The first-order valence-corrected chi connectivity index (χ1v) is 9.07. The van der Waals surface area contributed by atoms with Gasteiger partial charge in [-0.25, -0.2) is 9.78 Å². The van der Waals surface area contributed by atoms with Gasteiger partial charge in [0.15, 0.2) is 5.13 Å². The minimum Gasteiger partial charge on any atom is -0.456 e. The molecule has 0 aliphatic heterocycles. The van der Waals surface area contributed by atoms with Gasteiger partial charge in [0.1, 0.15) is 6.61 Å². The number of nitro benzene ring substituents is 1. The average molecular weight is 404 g/mol. The quantitative estimate of drug-likeness (QED) is 0.349. The standard InChI is InChI=1S/C18H14ClN3O4S/c1-11-2-4-12(5-3-11)20-18-21-13(10-27-18)9-26-17(23)15-7-6-14(22(24)25)8-16(15)19/h2-8,10H,9H2,1H3,(H,20,21). The molecule has 27 heavy (non-hydrogen) atoms. The van der Waals surface area contributed by atoms with Crippen molar-refractivity contribution in [2.75, 3.05) is 5.32 Å². The molecule has 0 amide bonds. The maximum absolute atomic E-state index is 12.1. The van der Waals surface area contributed by atoms with E-state index < -0.39 is 10.9 Å². The number of anilines is 2. The molecule has 0 spiro atoms. The highest BCUT2D eigenvalue weighted by molar-refractivity contribution is 7.13. The second-order valence-corrected chi connectivity index (χ2v) is 6.90. The Hall–Kier alpha value is -2.97. The van der Waals surface area contributed by atoms with Gasteiger partial charge in [0, 0.05) is 23.2 Å². The van der Waals surface area contributed by atoms with Crippen molar-refractivity contribution in [3.05, 3.63) is 79.8 Å². The summed E-state index contributed by atoms with van der Waals surface area (Å²) in [5, 5.41) is 16.3. The number of rotatable bonds is 6. The van der Waals surface area contributed by atoms with Crippen molar-refractivity contribution < 1.29 is 14.5 Å². The predicted molar refractivity (Wildman–Crippen MR) is 104 cm³/mol. The summed E-state index contributed by atoms with van der Waals surface area (Å²) < 4.78 is 5.20. The van der Waals surface area contributed by atoms with Crippen LogP contribution in [0.4, 0.5) is 16.5 Å². The van der Waals surface area contributed by atoms with E-state index in [4.69, 9.17) is 16.3 Å². The number of nitro groups is 1. The summed E-state index contributed by atoms with van der Waals surface area (Å²) in [6.07, 6.45) is 0. The molecule has 0 bridgehead atoms. The molecule has 1 N–H and O–H groups in total. The normalized spacial score (nSPS) is 10.4. The first-order chi connectivity index (χ1) is 12.9. The summed E-state index contributed by atoms with van der Waals surface area (Å²) in [6, 6.07) is 11.5. The Morgan fingerprint density at radius 1 is 1.30 bits per heavy atom. The van der Waals surface area contributed by atoms with E-state index in [-0.39, 0.29) is 22.9 Å². The molecule has 1 heterocycles. The van der Waals surface area contributed by atoms with Crippen LogP contribution in [0.5, 0.6) is 0 Å². The number of hydrogen-bond donors (Lipinski definition) is 1. The Balaban J connectivity index is 1.60. The first-order valence-electron chi connectivity index (χ1n) is 7.81. The van der Waals surface area contributed by atoms with Crippen LogP contribution in [0.2, 0.25) is 5.02 Å². The van der Waals surface area contributed by atoms with E-state index in [0.717, 1.165) is 17.3 Å². The zero-order chi connectivity index (χ0) is 19.4. The molecule has 3 aromatic rings. The third kappa shape index (κ3) is 4.81. The van der Waals surface area contributed by atoms with Crippen LogP contribution < -0.4 is 5.32 Å². The largest absolute Gasteiger partial charge is 0.456 e. The van der Waals surface area contributed by atoms with Crippen molar-refractivity contribution in [3.63, 3.8) is 0 Å². The van der Waals surface area contributed by atoms with Crippen LogP contribution in [0.3, 0.4) is 0 Å². The van der Waals surface area contributed by atoms with Crippen LogP contribution in [0.15, 0.2) is 47.8 Å². The molecule has 0 unspecified atom stereocenters. The predicted octanol–water partition coefficient (Wildman–Crippen LogP) is 5.11. The number of non-ortho nitro benzene ring substituents is 1. The van der Waals surface area contributed by atoms with Crippen molar-refractivity contribution in [3.8, 4) is 0 Å². The van der Waals surface area contributed by atoms with Crippen LogP contribution in [0.25, 0.3) is 0 Å². The lowest BCUT2D eigenvalue weighted by Gasteiger charge is -2.05. The number of halogens is 1. The lowest BCUT2D eigenvalue weighted by Crippen LogP contribution is -2.06. The summed E-state index contributed by atoms with van der Waals surface area (Å²) in [6.45, 7) is 1.98. The number of benzene rings is 2. The highest BCUT2D eigenvalue weighted by atomic mass is 35.5. The van der Waals surface area contributed by atoms with E-state index >= 15 is 0 Å². The van der Waals surface area contributed by atoms with Gasteiger partial charge < -0.3 is 10.1 Å². The monoisotopic (exact) mass is 403 g/mol. The summed E-state index contributed by atoms with van der Waals surface area (Å²) in [7, 11) is 0. The van der Waals surface area contributed by atoms with Gasteiger partial charge in [-0.3, -0.25) is 10.1 Å². The maximum Gasteiger partial charge on any atom is 0.340 e. The summed E-state index contributed by atoms with van der Waals surface area (Å²) in [4.78, 5) is 26.6. The topological polar surface area (TPSA) is 94.4 Å². The van der Waals surface area contributed by atoms with Gasteiger partial charge in [0.25, 0.3) is 5.69 Å². The van der Waals surface area contributed by atoms with E-state index in [0.29, 0.717) is 10.8 Å². The molecule has 0 aliphatic rings. The molecule has 2 aromatic carbocycles. The second-order valence-electron chi connectivity index (χ2n) is 5.63. The number of carbonyl (C=O) groups excluding carboxylic acids is 1. The van der Waals surface area contributed by atoms with Gasteiger partial charge in [-0.05, 0) is 25.1 Å². The highest BCUT2D eigenvalue weighted by Gasteiger charge is 2.16. The third-order valence-electron chi connectivity index (χ3n) is 3.59. The van der Waals surface area contributed by atoms with Crippen molar-refractivity contribution >= 4 is 45.4 Å². The van der Waals surface area contributed by atoms with Crippen molar-refractivity contribution in [2.45, 2.75) is 13.5 Å². The number of aromatic nitrogens is 1. The number of nitrogens with one attached hydrogen (secondary N) is 1. The van der Waals surface area contributed by atoms with Gasteiger partial charge >= 0.3 is 5.97 Å². The molecule has 0 saturated heterocycles. The number of aryl methyl sites for hydroxylation is 1. The molecule has 138 valence electrons. The summed E-state index contributed by atoms with van der Waals surface area (Å²) >= 11 is 7.32. The zero-order valence-corrected chi connectivity index (χ0v) is 15.7. The first kappa shape index (κ1) is 18.8. The molecule has 0 radical (unpaired) electrons. The molecule has 7 nitrogen and oxygen atoms in total. The zero-order valence-electron chi connectivity index (χ0n) is 14.1. The molecule has 9 heteroatoms. The molecule has 0 saturated carbocycles. The average Bonchev–Trinajstić information content (AvgIpc) is 3.09. The van der Waals surface area contributed by atoms with Gasteiger partial charge in [-0.1, -0.05) is 29.3 Å². The van der Waals surface area contributed by atoms with Gasteiger partial charge in [0.2, 0.25) is 0 Å². The second kappa shape index (κ2) is 8.15. The molecular formula is C18H14ClN3O4S. The molecular weight excluding hydrogens is 390 g/mol. The number of nitrogens with zero attached hydrogens (tertiary/aromatic N) is 2. The molecule has 1 aromatic heterocycles. The van der Waals surface area contributed by atoms with Crippen LogP contribution in [0.1, 0.15) is 21.6 Å². The van der Waals surface area contributed by atoms with Crippen LogP contribution in [-0.4, -0.2) is 15.9 Å². The lowest BCUT2D eigenvalue weighted by atomic mass is 10.2. The number of ether oxygens (including phenoxy) is 1. The Labute approximate surface area is 163 Å². The van der Waals surface area contributed by atoms with Crippen molar-refractivity contribution in [1.29, 1.82) is 0 Å². The molecule has 3 rings (SSSR count). The third-order valence-corrected chi connectivity index (χ3v) is 4.71. The minimum atomic E-state index is -0.670. The number of carbonyl (C=O) groups is 1. The van der Waals surface area contributed by atoms with Crippen LogP contribution >= 0.6 is 22.9 Å². The van der Waals surface area contributed by atoms with Crippen molar-refractivity contribution in [1.82, 2.24) is 4.98 Å².